The summed E-state index contributed by atoms with van der Waals surface area (Å²) in [4.78, 5) is 0. The predicted molar refractivity (Wildman–Crippen MR) is 85.9 cm³/mol. The second-order valence-electron chi connectivity index (χ2n) is 4.81. The van der Waals surface area contributed by atoms with E-state index in [0.717, 1.165) is 9.13 Å². The number of aryl methyl sites for hydroxylation is 2. The molecule has 0 radical (unpaired) electrons. The molecular formula is C16H17FIN. The molecule has 0 heterocycles. The number of rotatable bonds is 3. The van der Waals surface area contributed by atoms with E-state index in [2.05, 4.69) is 60.0 Å². The first-order valence-electron chi connectivity index (χ1n) is 6.21. The Hall–Kier alpha value is -0.940. The Balaban J connectivity index is 2.49. The van der Waals surface area contributed by atoms with Crippen LogP contribution in [0, 0.1) is 23.2 Å². The second kappa shape index (κ2) is 6.01. The van der Waals surface area contributed by atoms with Gasteiger partial charge in [0.15, 0.2) is 0 Å². The van der Waals surface area contributed by atoms with Crippen LogP contribution in [-0.2, 0) is 0 Å². The summed E-state index contributed by atoms with van der Waals surface area (Å²) < 4.78 is 14.2. The van der Waals surface area contributed by atoms with Gasteiger partial charge < -0.3 is 5.32 Å². The summed E-state index contributed by atoms with van der Waals surface area (Å²) in [5, 5.41) is 3.32. The molecule has 0 saturated heterocycles. The summed E-state index contributed by atoms with van der Waals surface area (Å²) in [5.41, 5.74) is 4.80. The van der Waals surface area contributed by atoms with E-state index in [1.165, 1.54) is 22.8 Å². The Kier molecular flexibility index (Phi) is 4.58. The molecule has 0 bridgehead atoms. The van der Waals surface area contributed by atoms with Gasteiger partial charge in [0.05, 0.1) is 6.04 Å². The number of nitrogens with one attached hydrogen (secondary N) is 1. The molecule has 1 nitrogen and oxygen atoms in total. The van der Waals surface area contributed by atoms with Crippen LogP contribution < -0.4 is 5.32 Å². The molecule has 0 fully saturated rings. The van der Waals surface area contributed by atoms with Gasteiger partial charge in [-0.2, -0.15) is 0 Å². The SMILES string of the molecule is CNC(c1cc(C)cc(C)c1)c1ccc(F)cc1I. The van der Waals surface area contributed by atoms with E-state index in [0.29, 0.717) is 0 Å². The van der Waals surface area contributed by atoms with Crippen molar-refractivity contribution in [2.24, 2.45) is 0 Å². The topological polar surface area (TPSA) is 12.0 Å². The first-order chi connectivity index (χ1) is 9.01. The number of benzene rings is 2. The zero-order chi connectivity index (χ0) is 14.0. The van der Waals surface area contributed by atoms with E-state index >= 15 is 0 Å². The highest BCUT2D eigenvalue weighted by atomic mass is 127. The molecule has 3 heteroatoms. The first-order valence-corrected chi connectivity index (χ1v) is 7.29. The van der Waals surface area contributed by atoms with Crippen LogP contribution in [0.3, 0.4) is 0 Å². The van der Waals surface area contributed by atoms with Crippen molar-refractivity contribution in [3.05, 3.63) is 68.0 Å². The summed E-state index contributed by atoms with van der Waals surface area (Å²) in [5.74, 6) is -0.191. The van der Waals surface area contributed by atoms with Gasteiger partial charge in [-0.1, -0.05) is 35.4 Å². The van der Waals surface area contributed by atoms with Crippen LogP contribution in [0.15, 0.2) is 36.4 Å². The standard InChI is InChI=1S/C16H17FIN/c1-10-6-11(2)8-12(7-10)16(19-3)14-5-4-13(17)9-15(14)18/h4-9,16,19H,1-3H3. The molecule has 2 rings (SSSR count). The van der Waals surface area contributed by atoms with Gasteiger partial charge in [-0.3, -0.25) is 0 Å². The minimum absolute atomic E-state index is 0.0890. The zero-order valence-electron chi connectivity index (χ0n) is 11.3. The average molecular weight is 369 g/mol. The molecule has 0 spiro atoms. The molecule has 0 aromatic heterocycles. The maximum absolute atomic E-state index is 13.2. The highest BCUT2D eigenvalue weighted by molar-refractivity contribution is 14.1. The van der Waals surface area contributed by atoms with E-state index in [1.54, 1.807) is 6.07 Å². The van der Waals surface area contributed by atoms with Crippen molar-refractivity contribution in [3.63, 3.8) is 0 Å². The fraction of sp³-hybridized carbons (Fsp3) is 0.250. The lowest BCUT2D eigenvalue weighted by Gasteiger charge is -2.20. The maximum atomic E-state index is 13.2. The molecular weight excluding hydrogens is 352 g/mol. The van der Waals surface area contributed by atoms with Crippen LogP contribution >= 0.6 is 22.6 Å². The van der Waals surface area contributed by atoms with Crippen molar-refractivity contribution >= 4 is 22.6 Å². The van der Waals surface area contributed by atoms with Crippen molar-refractivity contribution in [1.29, 1.82) is 0 Å². The van der Waals surface area contributed by atoms with E-state index in [4.69, 9.17) is 0 Å². The highest BCUT2D eigenvalue weighted by Gasteiger charge is 2.15. The molecule has 2 aromatic carbocycles. The zero-order valence-corrected chi connectivity index (χ0v) is 13.5. The summed E-state index contributed by atoms with van der Waals surface area (Å²) in [6, 6.07) is 11.5. The lowest BCUT2D eigenvalue weighted by atomic mass is 9.96. The lowest BCUT2D eigenvalue weighted by Crippen LogP contribution is -2.19. The van der Waals surface area contributed by atoms with Crippen molar-refractivity contribution in [2.75, 3.05) is 7.05 Å². The largest absolute Gasteiger partial charge is 0.309 e. The molecule has 0 amide bonds. The summed E-state index contributed by atoms with van der Waals surface area (Å²) in [6.07, 6.45) is 0. The van der Waals surface area contributed by atoms with Crippen LogP contribution in [0.4, 0.5) is 4.39 Å². The molecule has 100 valence electrons. The Labute approximate surface area is 127 Å². The smallest absolute Gasteiger partial charge is 0.124 e. The van der Waals surface area contributed by atoms with E-state index < -0.39 is 0 Å². The van der Waals surface area contributed by atoms with Gasteiger partial charge in [-0.15, -0.1) is 0 Å². The van der Waals surface area contributed by atoms with Crippen LogP contribution in [0.1, 0.15) is 28.3 Å². The average Bonchev–Trinajstić information content (AvgIpc) is 2.31. The van der Waals surface area contributed by atoms with Gasteiger partial charge in [0.2, 0.25) is 0 Å². The third kappa shape index (κ3) is 3.34. The molecule has 0 aliphatic rings. The van der Waals surface area contributed by atoms with Gasteiger partial charge in [0, 0.05) is 3.57 Å². The first kappa shape index (κ1) is 14.5. The quantitative estimate of drug-likeness (QED) is 0.793. The fourth-order valence-corrected chi connectivity index (χ4v) is 3.20. The minimum atomic E-state index is -0.191. The fourth-order valence-electron chi connectivity index (χ4n) is 2.41. The number of halogens is 2. The molecule has 0 aliphatic heterocycles. The van der Waals surface area contributed by atoms with Crippen molar-refractivity contribution < 1.29 is 4.39 Å². The van der Waals surface area contributed by atoms with Gasteiger partial charge in [0.25, 0.3) is 0 Å². The molecule has 0 aliphatic carbocycles. The Morgan fingerprint density at radius 2 is 1.68 bits per heavy atom. The Morgan fingerprint density at radius 3 is 2.21 bits per heavy atom. The molecule has 1 atom stereocenters. The number of hydrogen-bond donors (Lipinski definition) is 1. The monoisotopic (exact) mass is 369 g/mol. The van der Waals surface area contributed by atoms with Gasteiger partial charge >= 0.3 is 0 Å². The molecule has 0 saturated carbocycles. The normalized spacial score (nSPS) is 12.5. The molecule has 19 heavy (non-hydrogen) atoms. The van der Waals surface area contributed by atoms with Crippen molar-refractivity contribution in [3.8, 4) is 0 Å². The van der Waals surface area contributed by atoms with Gasteiger partial charge in [-0.25, -0.2) is 4.39 Å². The highest BCUT2D eigenvalue weighted by Crippen LogP contribution is 2.27. The van der Waals surface area contributed by atoms with Gasteiger partial charge in [-0.05, 0) is 66.7 Å². The predicted octanol–water partition coefficient (Wildman–Crippen LogP) is 4.36. The minimum Gasteiger partial charge on any atom is -0.309 e. The van der Waals surface area contributed by atoms with Crippen LogP contribution in [0.5, 0.6) is 0 Å². The lowest BCUT2D eigenvalue weighted by molar-refractivity contribution is 0.621. The van der Waals surface area contributed by atoms with Crippen molar-refractivity contribution in [2.45, 2.75) is 19.9 Å². The third-order valence-electron chi connectivity index (χ3n) is 3.14. The van der Waals surface area contributed by atoms with Gasteiger partial charge in [0.1, 0.15) is 5.82 Å². The molecule has 2 aromatic rings. The van der Waals surface area contributed by atoms with Crippen molar-refractivity contribution in [1.82, 2.24) is 5.32 Å². The summed E-state index contributed by atoms with van der Waals surface area (Å²) in [6.45, 7) is 4.19. The Bertz CT molecular complexity index is 575. The maximum Gasteiger partial charge on any atom is 0.124 e. The molecule has 1 N–H and O–H groups in total. The second-order valence-corrected chi connectivity index (χ2v) is 5.97. The Morgan fingerprint density at radius 1 is 1.05 bits per heavy atom. The molecule has 1 unspecified atom stereocenters. The van der Waals surface area contributed by atoms with E-state index in [9.17, 15) is 4.39 Å². The van der Waals surface area contributed by atoms with Crippen LogP contribution in [-0.4, -0.2) is 7.05 Å². The van der Waals surface area contributed by atoms with Crippen LogP contribution in [0.2, 0.25) is 0 Å². The summed E-state index contributed by atoms with van der Waals surface area (Å²) in [7, 11) is 1.93. The van der Waals surface area contributed by atoms with Crippen LogP contribution in [0.25, 0.3) is 0 Å². The third-order valence-corrected chi connectivity index (χ3v) is 4.07. The van der Waals surface area contributed by atoms with E-state index in [1.807, 2.05) is 13.1 Å². The summed E-state index contributed by atoms with van der Waals surface area (Å²) >= 11 is 2.19. The number of hydrogen-bond acceptors (Lipinski definition) is 1. The van der Waals surface area contributed by atoms with E-state index in [-0.39, 0.29) is 11.9 Å².